The lowest BCUT2D eigenvalue weighted by Crippen LogP contribution is -2.25. The summed E-state index contributed by atoms with van der Waals surface area (Å²) in [5.41, 5.74) is 4.22. The van der Waals surface area contributed by atoms with Crippen LogP contribution in [0.5, 0.6) is 11.5 Å². The normalized spacial score (nSPS) is 12.6. The second-order valence-corrected chi connectivity index (χ2v) is 6.52. The summed E-state index contributed by atoms with van der Waals surface area (Å²) in [6.45, 7) is 10.9. The van der Waals surface area contributed by atoms with E-state index in [1.165, 1.54) is 17.7 Å². The van der Waals surface area contributed by atoms with Gasteiger partial charge in [-0.2, -0.15) is 0 Å². The molecule has 0 fully saturated rings. The van der Waals surface area contributed by atoms with Gasteiger partial charge in [-0.05, 0) is 36.1 Å². The summed E-state index contributed by atoms with van der Waals surface area (Å²) in [4.78, 5) is 14.4. The van der Waals surface area contributed by atoms with Crippen molar-refractivity contribution in [2.24, 2.45) is 0 Å². The van der Waals surface area contributed by atoms with Gasteiger partial charge >= 0.3 is 0 Å². The zero-order chi connectivity index (χ0) is 18.7. The van der Waals surface area contributed by atoms with Crippen LogP contribution in [0.2, 0.25) is 0 Å². The maximum absolute atomic E-state index is 12.7. The van der Waals surface area contributed by atoms with E-state index in [0.29, 0.717) is 18.7 Å². The Balaban J connectivity index is 0.00000109. The van der Waals surface area contributed by atoms with Crippen LogP contribution in [0, 0.1) is 6.92 Å². The van der Waals surface area contributed by atoms with E-state index in [2.05, 4.69) is 6.07 Å². The highest BCUT2D eigenvalue weighted by molar-refractivity contribution is 5.97. The number of aryl methyl sites for hydroxylation is 1. The van der Waals surface area contributed by atoms with Gasteiger partial charge in [0.2, 0.25) is 0 Å². The van der Waals surface area contributed by atoms with Gasteiger partial charge in [-0.15, -0.1) is 0 Å². The van der Waals surface area contributed by atoms with Crippen LogP contribution in [-0.4, -0.2) is 21.0 Å². The molecule has 0 atom stereocenters. The Kier molecular flexibility index (Phi) is 5.73. The number of phenolic OH excluding ortho intramolecular Hbond substituents is 2. The number of aromatic hydroxyl groups is 2. The van der Waals surface area contributed by atoms with Gasteiger partial charge in [0.15, 0.2) is 0 Å². The van der Waals surface area contributed by atoms with Gasteiger partial charge in [0.25, 0.3) is 5.91 Å². The van der Waals surface area contributed by atoms with Crippen molar-refractivity contribution in [3.8, 4) is 11.5 Å². The maximum Gasteiger partial charge on any atom is 0.258 e. The first-order valence-electron chi connectivity index (χ1n) is 8.80. The molecule has 3 rings (SSSR count). The van der Waals surface area contributed by atoms with E-state index in [-0.39, 0.29) is 28.9 Å². The summed E-state index contributed by atoms with van der Waals surface area (Å²) in [6, 6.07) is 9.02. The molecule has 134 valence electrons. The molecule has 2 N–H and O–H groups in total. The molecule has 1 aliphatic rings. The van der Waals surface area contributed by atoms with Crippen molar-refractivity contribution in [3.63, 3.8) is 0 Å². The van der Waals surface area contributed by atoms with Crippen molar-refractivity contribution in [1.82, 2.24) is 4.90 Å². The Morgan fingerprint density at radius 2 is 1.64 bits per heavy atom. The first-order valence-corrected chi connectivity index (χ1v) is 8.80. The number of phenols is 2. The fraction of sp³-hybridized carbons (Fsp3) is 0.381. The molecule has 25 heavy (non-hydrogen) atoms. The summed E-state index contributed by atoms with van der Waals surface area (Å²) in [5, 5.41) is 20.3. The third kappa shape index (κ3) is 3.78. The zero-order valence-electron chi connectivity index (χ0n) is 15.6. The Hall–Kier alpha value is -2.49. The Morgan fingerprint density at radius 1 is 1.00 bits per heavy atom. The van der Waals surface area contributed by atoms with Gasteiger partial charge in [-0.25, -0.2) is 0 Å². The number of fused-ring (bicyclic) bond motifs is 1. The molecule has 0 unspecified atom stereocenters. The number of rotatable bonds is 2. The highest BCUT2D eigenvalue weighted by atomic mass is 16.3. The average molecular weight is 341 g/mol. The van der Waals surface area contributed by atoms with Crippen LogP contribution < -0.4 is 0 Å². The minimum atomic E-state index is -0.262. The molecule has 4 heteroatoms. The summed E-state index contributed by atoms with van der Waals surface area (Å²) in [5.74, 6) is -0.219. The van der Waals surface area contributed by atoms with E-state index < -0.39 is 0 Å². The first kappa shape index (κ1) is 18.8. The quantitative estimate of drug-likeness (QED) is 0.778. The molecule has 1 aliphatic heterocycles. The van der Waals surface area contributed by atoms with Crippen LogP contribution in [0.3, 0.4) is 0 Å². The average Bonchev–Trinajstić information content (AvgIpc) is 3.00. The van der Waals surface area contributed by atoms with Gasteiger partial charge in [0.1, 0.15) is 11.5 Å². The van der Waals surface area contributed by atoms with Crippen molar-refractivity contribution < 1.29 is 15.0 Å². The molecule has 0 spiro atoms. The van der Waals surface area contributed by atoms with E-state index in [0.717, 1.165) is 11.1 Å². The lowest BCUT2D eigenvalue weighted by Gasteiger charge is -2.18. The summed E-state index contributed by atoms with van der Waals surface area (Å²) in [6.07, 6.45) is 0. The number of nitrogens with zero attached hydrogens (tertiary/aromatic N) is 1. The lowest BCUT2D eigenvalue weighted by molar-refractivity contribution is 0.0748. The van der Waals surface area contributed by atoms with Crippen molar-refractivity contribution >= 4 is 5.91 Å². The van der Waals surface area contributed by atoms with Gasteiger partial charge in [-0.1, -0.05) is 51.5 Å². The van der Waals surface area contributed by atoms with E-state index >= 15 is 0 Å². The number of amides is 1. The van der Waals surface area contributed by atoms with Gasteiger partial charge in [-0.3, -0.25) is 4.79 Å². The van der Waals surface area contributed by atoms with E-state index in [1.807, 2.05) is 46.8 Å². The molecular weight excluding hydrogens is 314 g/mol. The van der Waals surface area contributed by atoms with Crippen LogP contribution in [0.25, 0.3) is 0 Å². The van der Waals surface area contributed by atoms with Crippen LogP contribution in [0.4, 0.5) is 0 Å². The largest absolute Gasteiger partial charge is 0.508 e. The molecule has 0 radical (unpaired) electrons. The van der Waals surface area contributed by atoms with Gasteiger partial charge in [0.05, 0.1) is 5.56 Å². The Labute approximate surface area is 149 Å². The Bertz CT molecular complexity index is 781. The van der Waals surface area contributed by atoms with E-state index in [4.69, 9.17) is 0 Å². The van der Waals surface area contributed by atoms with Crippen molar-refractivity contribution in [1.29, 1.82) is 0 Å². The summed E-state index contributed by atoms with van der Waals surface area (Å²) >= 11 is 0. The molecule has 0 aromatic heterocycles. The highest BCUT2D eigenvalue weighted by Crippen LogP contribution is 2.34. The number of hydrogen-bond donors (Lipinski definition) is 2. The zero-order valence-corrected chi connectivity index (χ0v) is 15.6. The van der Waals surface area contributed by atoms with Gasteiger partial charge in [0, 0.05) is 18.7 Å². The standard InChI is InChI=1S/C19H21NO3.C2H6/c1-11(2)15-7-18(22)16(8-17(15)21)19(23)20-9-13-5-4-12(3)6-14(13)10-20;1-2/h4-8,11,21-22H,9-10H2,1-3H3;1-2H3. The molecule has 1 amide bonds. The van der Waals surface area contributed by atoms with Crippen molar-refractivity contribution in [2.75, 3.05) is 0 Å². The molecule has 2 aromatic rings. The maximum atomic E-state index is 12.7. The monoisotopic (exact) mass is 341 g/mol. The smallest absolute Gasteiger partial charge is 0.258 e. The Morgan fingerprint density at radius 3 is 2.28 bits per heavy atom. The molecule has 0 bridgehead atoms. The van der Waals surface area contributed by atoms with Crippen molar-refractivity contribution in [2.45, 2.75) is 53.6 Å². The SMILES string of the molecule is CC.Cc1ccc2c(c1)CN(C(=O)c1cc(O)c(C(C)C)cc1O)C2. The summed E-state index contributed by atoms with van der Waals surface area (Å²) in [7, 11) is 0. The molecule has 0 saturated carbocycles. The number of hydrogen-bond acceptors (Lipinski definition) is 3. The fourth-order valence-electron chi connectivity index (χ4n) is 3.06. The molecule has 4 nitrogen and oxygen atoms in total. The lowest BCUT2D eigenvalue weighted by atomic mass is 9.99. The number of carbonyl (C=O) groups is 1. The first-order chi connectivity index (χ1) is 11.9. The molecule has 0 saturated heterocycles. The van der Waals surface area contributed by atoms with Crippen molar-refractivity contribution in [3.05, 3.63) is 58.1 Å². The number of benzene rings is 2. The third-order valence-electron chi connectivity index (χ3n) is 4.37. The van der Waals surface area contributed by atoms with Gasteiger partial charge < -0.3 is 15.1 Å². The molecule has 1 heterocycles. The van der Waals surface area contributed by atoms with E-state index in [9.17, 15) is 15.0 Å². The second-order valence-electron chi connectivity index (χ2n) is 6.52. The van der Waals surface area contributed by atoms with Crippen LogP contribution in [0.15, 0.2) is 30.3 Å². The summed E-state index contributed by atoms with van der Waals surface area (Å²) < 4.78 is 0. The third-order valence-corrected chi connectivity index (χ3v) is 4.37. The predicted molar refractivity (Wildman–Crippen MR) is 100.0 cm³/mol. The predicted octanol–water partition coefficient (Wildman–Crippen LogP) is 4.71. The second kappa shape index (κ2) is 7.60. The topological polar surface area (TPSA) is 60.8 Å². The highest BCUT2D eigenvalue weighted by Gasteiger charge is 2.27. The molecular formula is C21H27NO3. The van der Waals surface area contributed by atoms with Crippen LogP contribution in [0.1, 0.15) is 66.2 Å². The van der Waals surface area contributed by atoms with Crippen LogP contribution >= 0.6 is 0 Å². The van der Waals surface area contributed by atoms with E-state index in [1.54, 1.807) is 4.90 Å². The van der Waals surface area contributed by atoms with Crippen LogP contribution in [-0.2, 0) is 13.1 Å². The molecule has 0 aliphatic carbocycles. The minimum Gasteiger partial charge on any atom is -0.508 e. The molecule has 2 aromatic carbocycles. The minimum absolute atomic E-state index is 0.0497. The fourth-order valence-corrected chi connectivity index (χ4v) is 3.06. The number of carbonyl (C=O) groups excluding carboxylic acids is 1.